The van der Waals surface area contributed by atoms with Gasteiger partial charge in [0.2, 0.25) is 5.43 Å². The number of carbonyl (C=O) groups is 1. The molecule has 0 unspecified atom stereocenters. The first-order valence-electron chi connectivity index (χ1n) is 6.74. The molecular formula is C17H12FNO4. The molecule has 0 fully saturated rings. The second-order valence-corrected chi connectivity index (χ2v) is 4.93. The standard InChI is InChI=1S/C17H12FNO4/c1-23-11-6-7-13-12(8-11)16(20)14(17(21)22)15(19-13)9-2-4-10(18)5-3-9/h2-8H,1H3,(H,19,20)(H,21,22). The number of ether oxygens (including phenoxy) is 1. The van der Waals surface area contributed by atoms with Gasteiger partial charge in [0.05, 0.1) is 23.7 Å². The van der Waals surface area contributed by atoms with Crippen molar-refractivity contribution >= 4 is 16.9 Å². The van der Waals surface area contributed by atoms with Crippen LogP contribution < -0.4 is 10.2 Å². The van der Waals surface area contributed by atoms with Gasteiger partial charge in [-0.25, -0.2) is 9.18 Å². The summed E-state index contributed by atoms with van der Waals surface area (Å²) in [6.45, 7) is 0. The van der Waals surface area contributed by atoms with E-state index in [1.165, 1.54) is 37.4 Å². The van der Waals surface area contributed by atoms with E-state index in [2.05, 4.69) is 4.98 Å². The minimum Gasteiger partial charge on any atom is -0.497 e. The van der Waals surface area contributed by atoms with Gasteiger partial charge >= 0.3 is 5.97 Å². The Hall–Kier alpha value is -3.15. The quantitative estimate of drug-likeness (QED) is 0.779. The third-order valence-corrected chi connectivity index (χ3v) is 3.55. The van der Waals surface area contributed by atoms with E-state index in [4.69, 9.17) is 4.74 Å². The van der Waals surface area contributed by atoms with Crippen LogP contribution in [-0.4, -0.2) is 23.2 Å². The van der Waals surface area contributed by atoms with Gasteiger partial charge in [0, 0.05) is 0 Å². The number of nitrogens with one attached hydrogen (secondary N) is 1. The Kier molecular flexibility index (Phi) is 3.57. The lowest BCUT2D eigenvalue weighted by molar-refractivity contribution is 0.0696. The van der Waals surface area contributed by atoms with Crippen LogP contribution in [-0.2, 0) is 0 Å². The largest absolute Gasteiger partial charge is 0.497 e. The van der Waals surface area contributed by atoms with Crippen LogP contribution >= 0.6 is 0 Å². The molecule has 116 valence electrons. The smallest absolute Gasteiger partial charge is 0.341 e. The number of aromatic amines is 1. The van der Waals surface area contributed by atoms with E-state index in [1.807, 2.05) is 0 Å². The highest BCUT2D eigenvalue weighted by Gasteiger charge is 2.19. The van der Waals surface area contributed by atoms with Gasteiger partial charge in [0.1, 0.15) is 17.1 Å². The first-order valence-corrected chi connectivity index (χ1v) is 6.74. The van der Waals surface area contributed by atoms with Gasteiger partial charge in [-0.1, -0.05) is 0 Å². The van der Waals surface area contributed by atoms with E-state index in [-0.39, 0.29) is 11.1 Å². The number of hydrogen-bond donors (Lipinski definition) is 2. The van der Waals surface area contributed by atoms with Crippen LogP contribution in [0, 0.1) is 5.82 Å². The van der Waals surface area contributed by atoms with Gasteiger partial charge in [-0.15, -0.1) is 0 Å². The molecule has 5 nitrogen and oxygen atoms in total. The lowest BCUT2D eigenvalue weighted by Crippen LogP contribution is -2.18. The monoisotopic (exact) mass is 313 g/mol. The summed E-state index contributed by atoms with van der Waals surface area (Å²) >= 11 is 0. The van der Waals surface area contributed by atoms with Crippen molar-refractivity contribution in [1.82, 2.24) is 4.98 Å². The normalized spacial score (nSPS) is 10.7. The molecule has 3 rings (SSSR count). The number of pyridine rings is 1. The Morgan fingerprint density at radius 2 is 1.87 bits per heavy atom. The number of aromatic carboxylic acids is 1. The summed E-state index contributed by atoms with van der Waals surface area (Å²) in [6.07, 6.45) is 0. The van der Waals surface area contributed by atoms with Crippen LogP contribution in [0.25, 0.3) is 22.2 Å². The number of halogens is 1. The summed E-state index contributed by atoms with van der Waals surface area (Å²) in [5.74, 6) is -1.34. The van der Waals surface area contributed by atoms with Gasteiger partial charge in [-0.3, -0.25) is 4.79 Å². The SMILES string of the molecule is COc1ccc2[nH]c(-c3ccc(F)cc3)c(C(=O)O)c(=O)c2c1. The fourth-order valence-electron chi connectivity index (χ4n) is 2.43. The maximum atomic E-state index is 13.1. The zero-order valence-corrected chi connectivity index (χ0v) is 12.1. The summed E-state index contributed by atoms with van der Waals surface area (Å²) < 4.78 is 18.1. The van der Waals surface area contributed by atoms with Gasteiger partial charge < -0.3 is 14.8 Å². The number of carboxylic acids is 1. The second kappa shape index (κ2) is 5.57. The van der Waals surface area contributed by atoms with Crippen molar-refractivity contribution in [2.75, 3.05) is 7.11 Å². The average Bonchev–Trinajstić information content (AvgIpc) is 2.54. The second-order valence-electron chi connectivity index (χ2n) is 4.93. The average molecular weight is 313 g/mol. The van der Waals surface area contributed by atoms with Crippen LogP contribution in [0.1, 0.15) is 10.4 Å². The fraction of sp³-hybridized carbons (Fsp3) is 0.0588. The first kappa shape index (κ1) is 14.8. The number of aromatic nitrogens is 1. The maximum absolute atomic E-state index is 13.1. The summed E-state index contributed by atoms with van der Waals surface area (Å²) in [6, 6.07) is 10.0. The highest BCUT2D eigenvalue weighted by molar-refractivity contribution is 5.99. The molecular weight excluding hydrogens is 301 g/mol. The Bertz CT molecular complexity index is 961. The number of fused-ring (bicyclic) bond motifs is 1. The van der Waals surface area contributed by atoms with Crippen LogP contribution in [0.2, 0.25) is 0 Å². The van der Waals surface area contributed by atoms with Crippen LogP contribution in [0.4, 0.5) is 4.39 Å². The molecule has 0 aliphatic heterocycles. The van der Waals surface area contributed by atoms with Crippen molar-refractivity contribution in [3.05, 3.63) is 64.1 Å². The predicted molar refractivity (Wildman–Crippen MR) is 83.5 cm³/mol. The number of hydrogen-bond acceptors (Lipinski definition) is 3. The molecule has 3 aromatic rings. The number of H-pyrrole nitrogens is 1. The molecule has 6 heteroatoms. The summed E-state index contributed by atoms with van der Waals surface area (Å²) in [7, 11) is 1.46. The van der Waals surface area contributed by atoms with Crippen molar-refractivity contribution in [2.45, 2.75) is 0 Å². The van der Waals surface area contributed by atoms with Gasteiger partial charge in [0.25, 0.3) is 0 Å². The summed E-state index contributed by atoms with van der Waals surface area (Å²) in [4.78, 5) is 27.1. The first-order chi connectivity index (χ1) is 11.0. The third kappa shape index (κ3) is 2.55. The van der Waals surface area contributed by atoms with E-state index in [1.54, 1.807) is 12.1 Å². The molecule has 0 atom stereocenters. The third-order valence-electron chi connectivity index (χ3n) is 3.55. The Morgan fingerprint density at radius 1 is 1.17 bits per heavy atom. The molecule has 1 aromatic heterocycles. The molecule has 2 N–H and O–H groups in total. The molecule has 0 radical (unpaired) electrons. The summed E-state index contributed by atoms with van der Waals surface area (Å²) in [5.41, 5.74) is 0.0146. The molecule has 0 aliphatic carbocycles. The Labute approximate surface area is 130 Å². The highest BCUT2D eigenvalue weighted by atomic mass is 19.1. The van der Waals surface area contributed by atoms with Crippen molar-refractivity contribution in [1.29, 1.82) is 0 Å². The molecule has 0 aliphatic rings. The number of benzene rings is 2. The van der Waals surface area contributed by atoms with Crippen LogP contribution in [0.15, 0.2) is 47.3 Å². The maximum Gasteiger partial charge on any atom is 0.341 e. The number of rotatable bonds is 3. The molecule has 0 amide bonds. The Morgan fingerprint density at radius 3 is 2.48 bits per heavy atom. The van der Waals surface area contributed by atoms with Crippen molar-refractivity contribution in [2.24, 2.45) is 0 Å². The zero-order chi connectivity index (χ0) is 16.6. The number of carboxylic acid groups (broad SMARTS) is 1. The molecule has 0 spiro atoms. The number of methoxy groups -OCH3 is 1. The fourth-order valence-corrected chi connectivity index (χ4v) is 2.43. The predicted octanol–water partition coefficient (Wildman–Crippen LogP) is 3.04. The van der Waals surface area contributed by atoms with E-state index >= 15 is 0 Å². The molecule has 2 aromatic carbocycles. The van der Waals surface area contributed by atoms with Gasteiger partial charge in [0.15, 0.2) is 0 Å². The Balaban J connectivity index is 2.37. The molecule has 0 saturated heterocycles. The van der Waals surface area contributed by atoms with Gasteiger partial charge in [-0.05, 0) is 48.0 Å². The molecule has 23 heavy (non-hydrogen) atoms. The van der Waals surface area contributed by atoms with E-state index in [9.17, 15) is 19.1 Å². The van der Waals surface area contributed by atoms with E-state index in [0.29, 0.717) is 16.8 Å². The van der Waals surface area contributed by atoms with Crippen molar-refractivity contribution < 1.29 is 19.0 Å². The van der Waals surface area contributed by atoms with Crippen molar-refractivity contribution in [3.8, 4) is 17.0 Å². The zero-order valence-electron chi connectivity index (χ0n) is 12.1. The van der Waals surface area contributed by atoms with E-state index in [0.717, 1.165) is 0 Å². The lowest BCUT2D eigenvalue weighted by Gasteiger charge is -2.10. The lowest BCUT2D eigenvalue weighted by atomic mass is 10.0. The summed E-state index contributed by atoms with van der Waals surface area (Å²) in [5, 5.41) is 9.64. The topological polar surface area (TPSA) is 79.4 Å². The molecule has 0 bridgehead atoms. The molecule has 1 heterocycles. The van der Waals surface area contributed by atoms with Crippen LogP contribution in [0.5, 0.6) is 5.75 Å². The van der Waals surface area contributed by atoms with Crippen LogP contribution in [0.3, 0.4) is 0 Å². The van der Waals surface area contributed by atoms with Crippen molar-refractivity contribution in [3.63, 3.8) is 0 Å². The van der Waals surface area contributed by atoms with E-state index < -0.39 is 22.8 Å². The van der Waals surface area contributed by atoms with Gasteiger partial charge in [-0.2, -0.15) is 0 Å². The minimum absolute atomic E-state index is 0.139. The minimum atomic E-state index is -1.35. The highest BCUT2D eigenvalue weighted by Crippen LogP contribution is 2.25. The molecule has 0 saturated carbocycles.